The number of hydrogen-bond acceptors (Lipinski definition) is 0. The van der Waals surface area contributed by atoms with Crippen LogP contribution in [-0.2, 0) is 0 Å². The van der Waals surface area contributed by atoms with Crippen LogP contribution < -0.4 is 0 Å². The maximum atomic E-state index is 12.3. The Morgan fingerprint density at radius 3 is 1.72 bits per heavy atom. The molecule has 0 N–H and O–H groups in total. The third-order valence-corrected chi connectivity index (χ3v) is 2.06. The van der Waals surface area contributed by atoms with Crippen molar-refractivity contribution in [1.82, 2.24) is 0 Å². The second-order valence-corrected chi connectivity index (χ2v) is 3.55. The van der Waals surface area contributed by atoms with E-state index in [1.807, 2.05) is 32.9 Å². The molecule has 0 fully saturated rings. The molecule has 2 rings (SSSR count). The van der Waals surface area contributed by atoms with E-state index in [2.05, 4.69) is 0 Å². The molecule has 0 spiro atoms. The number of halogens is 2. The van der Waals surface area contributed by atoms with Gasteiger partial charge in [-0.3, -0.25) is 0 Å². The summed E-state index contributed by atoms with van der Waals surface area (Å²) in [6, 6.07) is 13.2. The maximum absolute atomic E-state index is 12.3. The first-order valence-corrected chi connectivity index (χ1v) is 6.03. The molecule has 2 heteroatoms. The summed E-state index contributed by atoms with van der Waals surface area (Å²) in [6.07, 6.45) is 0. The zero-order chi connectivity index (χ0) is 14.0. The van der Waals surface area contributed by atoms with Crippen molar-refractivity contribution in [2.75, 3.05) is 0 Å². The Hall–Kier alpha value is -1.70. The van der Waals surface area contributed by atoms with Crippen molar-refractivity contribution in [3.8, 4) is 0 Å². The number of benzene rings is 2. The van der Waals surface area contributed by atoms with Crippen molar-refractivity contribution in [3.05, 3.63) is 71.3 Å². The fraction of sp³-hybridized carbons (Fsp3) is 0.250. The summed E-state index contributed by atoms with van der Waals surface area (Å²) in [5, 5.41) is 0. The molecule has 0 heterocycles. The third-order valence-electron chi connectivity index (χ3n) is 2.06. The van der Waals surface area contributed by atoms with Crippen LogP contribution in [0.1, 0.15) is 25.0 Å². The van der Waals surface area contributed by atoms with Crippen molar-refractivity contribution in [1.29, 1.82) is 0 Å². The molecule has 0 atom stereocenters. The normalized spacial score (nSPS) is 8.56. The molecule has 2 aromatic carbocycles. The van der Waals surface area contributed by atoms with E-state index >= 15 is 0 Å². The summed E-state index contributed by atoms with van der Waals surface area (Å²) in [7, 11) is 0. The van der Waals surface area contributed by atoms with Crippen LogP contribution in [-0.4, -0.2) is 0 Å². The fourth-order valence-electron chi connectivity index (χ4n) is 1.16. The molecular formula is C16H20F2. The summed E-state index contributed by atoms with van der Waals surface area (Å²) in [4.78, 5) is 0. The van der Waals surface area contributed by atoms with Gasteiger partial charge in [-0.15, -0.1) is 0 Å². The fourth-order valence-corrected chi connectivity index (χ4v) is 1.16. The predicted molar refractivity (Wildman–Crippen MR) is 73.6 cm³/mol. The lowest BCUT2D eigenvalue weighted by molar-refractivity contribution is 0.618. The lowest BCUT2D eigenvalue weighted by Gasteiger charge is -1.89. The zero-order valence-electron chi connectivity index (χ0n) is 11.4. The molecule has 0 aromatic heterocycles. The van der Waals surface area contributed by atoms with E-state index in [1.54, 1.807) is 25.1 Å². The molecule has 98 valence electrons. The Bertz CT molecular complexity index is 412. The van der Waals surface area contributed by atoms with Crippen molar-refractivity contribution >= 4 is 0 Å². The van der Waals surface area contributed by atoms with Gasteiger partial charge in [-0.2, -0.15) is 0 Å². The molecule has 0 nitrogen and oxygen atoms in total. The first-order valence-electron chi connectivity index (χ1n) is 6.03. The molecule has 0 aliphatic carbocycles. The van der Waals surface area contributed by atoms with Gasteiger partial charge in [0.2, 0.25) is 0 Å². The first-order chi connectivity index (χ1) is 8.59. The van der Waals surface area contributed by atoms with Gasteiger partial charge in [0, 0.05) is 0 Å². The minimum Gasteiger partial charge on any atom is -0.207 e. The van der Waals surface area contributed by atoms with E-state index in [1.165, 1.54) is 18.2 Å². The smallest absolute Gasteiger partial charge is 0.126 e. The molecule has 2 aromatic rings. The summed E-state index contributed by atoms with van der Waals surface area (Å²) in [5.41, 5.74) is 1.66. The average Bonchev–Trinajstić information content (AvgIpc) is 2.36. The van der Waals surface area contributed by atoms with Crippen molar-refractivity contribution < 1.29 is 8.78 Å². The van der Waals surface area contributed by atoms with Gasteiger partial charge in [0.15, 0.2) is 0 Å². The highest BCUT2D eigenvalue weighted by Gasteiger charge is 1.88. The van der Waals surface area contributed by atoms with Crippen LogP contribution in [0.5, 0.6) is 0 Å². The van der Waals surface area contributed by atoms with Crippen LogP contribution in [0, 0.1) is 25.5 Å². The third kappa shape index (κ3) is 6.79. The summed E-state index contributed by atoms with van der Waals surface area (Å²) < 4.78 is 24.5. The Morgan fingerprint density at radius 1 is 0.778 bits per heavy atom. The quantitative estimate of drug-likeness (QED) is 0.595. The Kier molecular flexibility index (Phi) is 8.46. The average molecular weight is 250 g/mol. The van der Waals surface area contributed by atoms with Crippen LogP contribution in [0.25, 0.3) is 0 Å². The van der Waals surface area contributed by atoms with Crippen LogP contribution in [0.3, 0.4) is 0 Å². The molecule has 0 unspecified atom stereocenters. The molecule has 0 radical (unpaired) electrons. The van der Waals surface area contributed by atoms with Crippen molar-refractivity contribution in [2.45, 2.75) is 27.7 Å². The molecule has 18 heavy (non-hydrogen) atoms. The summed E-state index contributed by atoms with van der Waals surface area (Å²) in [5.74, 6) is -0.294. The highest BCUT2D eigenvalue weighted by atomic mass is 19.1. The minimum atomic E-state index is -0.162. The van der Waals surface area contributed by atoms with Gasteiger partial charge in [-0.25, -0.2) is 8.78 Å². The molecule has 0 aliphatic heterocycles. The van der Waals surface area contributed by atoms with Crippen LogP contribution >= 0.6 is 0 Å². The van der Waals surface area contributed by atoms with E-state index in [-0.39, 0.29) is 11.6 Å². The van der Waals surface area contributed by atoms with Crippen LogP contribution in [0.4, 0.5) is 8.78 Å². The maximum Gasteiger partial charge on any atom is 0.126 e. The van der Waals surface area contributed by atoms with Gasteiger partial charge < -0.3 is 0 Å². The van der Waals surface area contributed by atoms with Gasteiger partial charge in [-0.1, -0.05) is 44.2 Å². The van der Waals surface area contributed by atoms with Crippen LogP contribution in [0.2, 0.25) is 0 Å². The van der Waals surface area contributed by atoms with Gasteiger partial charge in [0.1, 0.15) is 11.6 Å². The molecule has 0 saturated carbocycles. The lowest BCUT2D eigenvalue weighted by Crippen LogP contribution is -1.76. The van der Waals surface area contributed by atoms with E-state index in [0.717, 1.165) is 5.56 Å². The second-order valence-electron chi connectivity index (χ2n) is 3.55. The molecule has 0 bridgehead atoms. The molecule has 0 amide bonds. The second kappa shape index (κ2) is 9.34. The standard InChI is InChI=1S/2C7H7F.C2H6/c1-6-3-2-4-7(8)5-6;1-6-4-2-3-5-7(6)8;1-2/h2*2-5H,1H3;1-2H3. The van der Waals surface area contributed by atoms with E-state index in [9.17, 15) is 8.78 Å². The van der Waals surface area contributed by atoms with E-state index < -0.39 is 0 Å². The zero-order valence-corrected chi connectivity index (χ0v) is 11.4. The monoisotopic (exact) mass is 250 g/mol. The molecule has 0 aliphatic rings. The number of rotatable bonds is 0. The Labute approximate surface area is 108 Å². The van der Waals surface area contributed by atoms with E-state index in [4.69, 9.17) is 0 Å². The molecular weight excluding hydrogens is 230 g/mol. The lowest BCUT2D eigenvalue weighted by atomic mass is 10.2. The van der Waals surface area contributed by atoms with Gasteiger partial charge in [0.25, 0.3) is 0 Å². The molecule has 0 saturated heterocycles. The minimum absolute atomic E-state index is 0.132. The first kappa shape index (κ1) is 16.3. The van der Waals surface area contributed by atoms with Gasteiger partial charge >= 0.3 is 0 Å². The Morgan fingerprint density at radius 2 is 1.39 bits per heavy atom. The largest absolute Gasteiger partial charge is 0.207 e. The van der Waals surface area contributed by atoms with Gasteiger partial charge in [-0.05, 0) is 43.2 Å². The van der Waals surface area contributed by atoms with Gasteiger partial charge in [0.05, 0.1) is 0 Å². The Balaban J connectivity index is 0.000000283. The summed E-state index contributed by atoms with van der Waals surface area (Å²) in [6.45, 7) is 7.61. The number of aryl methyl sites for hydroxylation is 2. The van der Waals surface area contributed by atoms with Crippen molar-refractivity contribution in [3.63, 3.8) is 0 Å². The highest BCUT2D eigenvalue weighted by Crippen LogP contribution is 2.02. The number of hydrogen-bond donors (Lipinski definition) is 0. The van der Waals surface area contributed by atoms with Crippen molar-refractivity contribution in [2.24, 2.45) is 0 Å². The SMILES string of the molecule is CC.Cc1cccc(F)c1.Cc1ccccc1F. The topological polar surface area (TPSA) is 0 Å². The summed E-state index contributed by atoms with van der Waals surface area (Å²) >= 11 is 0. The van der Waals surface area contributed by atoms with Crippen LogP contribution in [0.15, 0.2) is 48.5 Å². The highest BCUT2D eigenvalue weighted by molar-refractivity contribution is 5.14. The predicted octanol–water partition coefficient (Wildman–Crippen LogP) is 5.29. The van der Waals surface area contributed by atoms with E-state index in [0.29, 0.717) is 5.56 Å².